The number of ether oxygens (including phenoxy) is 3. The summed E-state index contributed by atoms with van der Waals surface area (Å²) in [6, 6.07) is 2.07. The summed E-state index contributed by atoms with van der Waals surface area (Å²) in [7, 11) is 4.66. The third-order valence-electron chi connectivity index (χ3n) is 8.15. The predicted octanol–water partition coefficient (Wildman–Crippen LogP) is 2.69. The van der Waals surface area contributed by atoms with Crippen molar-refractivity contribution in [2.75, 3.05) is 27.9 Å². The largest absolute Gasteiger partial charge is 0.493 e. The van der Waals surface area contributed by atoms with Crippen molar-refractivity contribution in [3.05, 3.63) is 35.9 Å². The third kappa shape index (κ3) is 6.51. The second-order valence-electron chi connectivity index (χ2n) is 10.6. The summed E-state index contributed by atoms with van der Waals surface area (Å²) in [6.45, 7) is 0.463. The van der Waals surface area contributed by atoms with Crippen molar-refractivity contribution in [3.63, 3.8) is 0 Å². The van der Waals surface area contributed by atoms with Crippen molar-refractivity contribution < 1.29 is 28.6 Å². The van der Waals surface area contributed by atoms with Gasteiger partial charge in [-0.1, -0.05) is 19.3 Å². The highest BCUT2D eigenvalue weighted by Crippen LogP contribution is 2.45. The number of piperidine rings is 1. The van der Waals surface area contributed by atoms with E-state index in [2.05, 4.69) is 15.3 Å². The number of aromatic amines is 1. The Balaban J connectivity index is 1.64. The zero-order valence-electron chi connectivity index (χ0n) is 23.6. The first kappa shape index (κ1) is 29.2. The molecule has 1 aliphatic carbocycles. The van der Waals surface area contributed by atoms with E-state index in [9.17, 15) is 14.4 Å². The number of nitrogens with zero attached hydrogens (tertiary/aromatic N) is 2. The van der Waals surface area contributed by atoms with Crippen molar-refractivity contribution in [3.8, 4) is 17.2 Å². The van der Waals surface area contributed by atoms with Gasteiger partial charge in [0.2, 0.25) is 23.5 Å². The standard InChI is InChI=1S/C29H41N5O6/c1-38-23-13-19(14-24(39-2)26(23)40-3)25(18-9-5-4-6-10-18)29(37)34-12-8-7-11-22(34)28(36)33-21(27(30)35)15-20-16-31-17-32-20/h13-14,16-18,21-22,25H,4-12,15H2,1-3H3,(H2,30,35)(H,31,32)(H,33,36)/t21-,22+,25?/m1/s1. The summed E-state index contributed by atoms with van der Waals surface area (Å²) in [5.41, 5.74) is 7.01. The molecule has 2 aliphatic rings. The Morgan fingerprint density at radius 3 is 2.27 bits per heavy atom. The van der Waals surface area contributed by atoms with Gasteiger partial charge in [-0.05, 0) is 55.7 Å². The molecule has 4 N–H and O–H groups in total. The maximum Gasteiger partial charge on any atom is 0.243 e. The maximum atomic E-state index is 14.5. The highest BCUT2D eigenvalue weighted by atomic mass is 16.5. The Labute approximate surface area is 235 Å². The number of carbonyl (C=O) groups is 3. The molecular formula is C29H41N5O6. The molecule has 4 rings (SSSR count). The van der Waals surface area contributed by atoms with Crippen molar-refractivity contribution >= 4 is 17.7 Å². The number of rotatable bonds is 11. The van der Waals surface area contributed by atoms with E-state index in [4.69, 9.17) is 19.9 Å². The van der Waals surface area contributed by atoms with Gasteiger partial charge in [0.05, 0.1) is 39.3 Å². The van der Waals surface area contributed by atoms with Crippen molar-refractivity contribution in [2.24, 2.45) is 11.7 Å². The monoisotopic (exact) mass is 555 g/mol. The molecule has 1 aromatic heterocycles. The summed E-state index contributed by atoms with van der Waals surface area (Å²) in [4.78, 5) is 48.9. The minimum absolute atomic E-state index is 0.0936. The minimum atomic E-state index is -0.932. The number of likely N-dealkylation sites (tertiary alicyclic amines) is 1. The number of imidazole rings is 1. The van der Waals surface area contributed by atoms with Crippen LogP contribution in [0.3, 0.4) is 0 Å². The first-order valence-corrected chi connectivity index (χ1v) is 14.1. The Kier molecular flexibility index (Phi) is 9.89. The minimum Gasteiger partial charge on any atom is -0.493 e. The summed E-state index contributed by atoms with van der Waals surface area (Å²) >= 11 is 0. The molecule has 2 heterocycles. The number of benzene rings is 1. The molecule has 2 aromatic rings. The molecule has 1 unspecified atom stereocenters. The molecule has 3 amide bonds. The fourth-order valence-electron chi connectivity index (χ4n) is 6.11. The molecule has 11 nitrogen and oxygen atoms in total. The van der Waals surface area contributed by atoms with E-state index in [0.29, 0.717) is 35.9 Å². The molecule has 2 fully saturated rings. The number of carbonyl (C=O) groups excluding carboxylic acids is 3. The molecule has 1 aromatic carbocycles. The molecule has 0 spiro atoms. The number of hydrogen-bond donors (Lipinski definition) is 3. The Morgan fingerprint density at radius 1 is 1.02 bits per heavy atom. The zero-order valence-corrected chi connectivity index (χ0v) is 23.6. The van der Waals surface area contributed by atoms with Gasteiger partial charge in [-0.15, -0.1) is 0 Å². The summed E-state index contributed by atoms with van der Waals surface area (Å²) in [6.07, 6.45) is 10.5. The fraction of sp³-hybridized carbons (Fsp3) is 0.586. The van der Waals surface area contributed by atoms with E-state index < -0.39 is 23.9 Å². The average Bonchev–Trinajstić information content (AvgIpc) is 3.50. The molecule has 1 aliphatic heterocycles. The van der Waals surface area contributed by atoms with Crippen LogP contribution in [0, 0.1) is 5.92 Å². The van der Waals surface area contributed by atoms with Crippen LogP contribution in [0.15, 0.2) is 24.7 Å². The summed E-state index contributed by atoms with van der Waals surface area (Å²) in [5, 5.41) is 2.80. The zero-order chi connectivity index (χ0) is 28.6. The number of H-pyrrole nitrogens is 1. The molecule has 1 saturated heterocycles. The van der Waals surface area contributed by atoms with Crippen LogP contribution in [-0.4, -0.2) is 72.5 Å². The molecule has 11 heteroatoms. The lowest BCUT2D eigenvalue weighted by molar-refractivity contribution is -0.145. The number of aromatic nitrogens is 2. The number of amides is 3. The van der Waals surface area contributed by atoms with Gasteiger partial charge in [-0.3, -0.25) is 14.4 Å². The quantitative estimate of drug-likeness (QED) is 0.386. The van der Waals surface area contributed by atoms with E-state index in [0.717, 1.165) is 50.5 Å². The highest BCUT2D eigenvalue weighted by molar-refractivity contribution is 5.93. The first-order chi connectivity index (χ1) is 19.4. The topological polar surface area (TPSA) is 149 Å². The molecule has 218 valence electrons. The van der Waals surface area contributed by atoms with Crippen LogP contribution in [0.1, 0.15) is 68.5 Å². The number of methoxy groups -OCH3 is 3. The third-order valence-corrected chi connectivity index (χ3v) is 8.15. The lowest BCUT2D eigenvalue weighted by Gasteiger charge is -2.40. The van der Waals surface area contributed by atoms with Crippen LogP contribution in [0.4, 0.5) is 0 Å². The van der Waals surface area contributed by atoms with E-state index >= 15 is 0 Å². The van der Waals surface area contributed by atoms with Gasteiger partial charge < -0.3 is 35.1 Å². The lowest BCUT2D eigenvalue weighted by Crippen LogP contribution is -2.57. The van der Waals surface area contributed by atoms with Crippen LogP contribution in [0.5, 0.6) is 17.2 Å². The van der Waals surface area contributed by atoms with Gasteiger partial charge in [-0.2, -0.15) is 0 Å². The highest BCUT2D eigenvalue weighted by Gasteiger charge is 2.41. The number of nitrogens with one attached hydrogen (secondary N) is 2. The SMILES string of the molecule is COc1cc(C(C(=O)N2CCCC[C@H]2C(=O)N[C@H](Cc2c[nH]cn2)C(N)=O)C2CCCCC2)cc(OC)c1OC. The second-order valence-corrected chi connectivity index (χ2v) is 10.6. The lowest BCUT2D eigenvalue weighted by atomic mass is 9.75. The molecular weight excluding hydrogens is 514 g/mol. The molecule has 0 radical (unpaired) electrons. The smallest absolute Gasteiger partial charge is 0.243 e. The first-order valence-electron chi connectivity index (χ1n) is 14.1. The Hall–Kier alpha value is -3.76. The van der Waals surface area contributed by atoms with Crippen LogP contribution in [0.2, 0.25) is 0 Å². The van der Waals surface area contributed by atoms with Crippen molar-refractivity contribution in [2.45, 2.75) is 75.8 Å². The number of nitrogens with two attached hydrogens (primary N) is 1. The van der Waals surface area contributed by atoms with Gasteiger partial charge in [0.1, 0.15) is 12.1 Å². The van der Waals surface area contributed by atoms with Gasteiger partial charge in [0.15, 0.2) is 11.5 Å². The molecule has 1 saturated carbocycles. The van der Waals surface area contributed by atoms with E-state index in [1.807, 2.05) is 12.1 Å². The summed E-state index contributed by atoms with van der Waals surface area (Å²) < 4.78 is 16.7. The van der Waals surface area contributed by atoms with Gasteiger partial charge in [0.25, 0.3) is 0 Å². The van der Waals surface area contributed by atoms with Crippen LogP contribution >= 0.6 is 0 Å². The normalized spacial score (nSPS) is 19.4. The van der Waals surface area contributed by atoms with Crippen LogP contribution < -0.4 is 25.3 Å². The Morgan fingerprint density at radius 2 is 1.70 bits per heavy atom. The molecule has 0 bridgehead atoms. The second kappa shape index (κ2) is 13.5. The summed E-state index contributed by atoms with van der Waals surface area (Å²) in [5.74, 6) is -0.0346. The molecule has 40 heavy (non-hydrogen) atoms. The predicted molar refractivity (Wildman–Crippen MR) is 148 cm³/mol. The fourth-order valence-corrected chi connectivity index (χ4v) is 6.11. The van der Waals surface area contributed by atoms with Gasteiger partial charge in [0, 0.05) is 19.2 Å². The van der Waals surface area contributed by atoms with Crippen LogP contribution in [0.25, 0.3) is 0 Å². The molecule has 3 atom stereocenters. The number of primary amides is 1. The van der Waals surface area contributed by atoms with Gasteiger partial charge >= 0.3 is 0 Å². The van der Waals surface area contributed by atoms with Crippen molar-refractivity contribution in [1.82, 2.24) is 20.2 Å². The van der Waals surface area contributed by atoms with Crippen molar-refractivity contribution in [1.29, 1.82) is 0 Å². The van der Waals surface area contributed by atoms with E-state index in [1.165, 1.54) is 6.33 Å². The van der Waals surface area contributed by atoms with Gasteiger partial charge in [-0.25, -0.2) is 4.98 Å². The van der Waals surface area contributed by atoms with Crippen LogP contribution in [-0.2, 0) is 20.8 Å². The average molecular weight is 556 g/mol. The van der Waals surface area contributed by atoms with E-state index in [1.54, 1.807) is 32.4 Å². The number of hydrogen-bond acceptors (Lipinski definition) is 7. The Bertz CT molecular complexity index is 1140. The van der Waals surface area contributed by atoms with E-state index in [-0.39, 0.29) is 24.2 Å². The maximum absolute atomic E-state index is 14.5.